The van der Waals surface area contributed by atoms with Crippen molar-refractivity contribution in [2.24, 2.45) is 0 Å². The minimum Gasteiger partial charge on any atom is -0.366 e. The maximum absolute atomic E-state index is 11.5. The quantitative estimate of drug-likeness (QED) is 0.870. The Morgan fingerprint density at radius 2 is 2.06 bits per heavy atom. The summed E-state index contributed by atoms with van der Waals surface area (Å²) in [5.41, 5.74) is 2.03. The summed E-state index contributed by atoms with van der Waals surface area (Å²) in [6, 6.07) is 8.08. The maximum Gasteiger partial charge on any atom is 0.246 e. The molecule has 1 N–H and O–H groups in total. The molecule has 0 spiro atoms. The van der Waals surface area contributed by atoms with Gasteiger partial charge < -0.3 is 10.1 Å². The summed E-state index contributed by atoms with van der Waals surface area (Å²) in [4.78, 5) is 11.5. The Morgan fingerprint density at radius 3 is 2.65 bits per heavy atom. The lowest BCUT2D eigenvalue weighted by Crippen LogP contribution is -2.31. The van der Waals surface area contributed by atoms with Gasteiger partial charge in [-0.25, -0.2) is 0 Å². The highest BCUT2D eigenvalue weighted by Crippen LogP contribution is 2.06. The fraction of sp³-hybridized carbons (Fsp3) is 0.500. The van der Waals surface area contributed by atoms with Gasteiger partial charge in [-0.1, -0.05) is 29.8 Å². The second-order valence-electron chi connectivity index (χ2n) is 5.17. The average Bonchev–Trinajstić information content (AvgIpc) is 2.23. The van der Waals surface area contributed by atoms with E-state index in [9.17, 15) is 4.79 Å². The lowest BCUT2D eigenvalue weighted by molar-refractivity contribution is -0.130. The minimum atomic E-state index is -0.277. The molecule has 0 saturated heterocycles. The molecule has 0 radical (unpaired) electrons. The van der Waals surface area contributed by atoms with Crippen LogP contribution in [0.2, 0.25) is 0 Å². The third kappa shape index (κ3) is 6.07. The number of rotatable bonds is 4. The molecule has 3 nitrogen and oxygen atoms in total. The SMILES string of the molecule is Cc1cccc(CNC(=O)COC(C)(C)C)c1. The molecular formula is C14H21NO2. The van der Waals surface area contributed by atoms with Crippen LogP contribution in [0.15, 0.2) is 24.3 Å². The normalized spacial score (nSPS) is 11.3. The molecule has 0 aromatic heterocycles. The minimum absolute atomic E-state index is 0.0820. The average molecular weight is 235 g/mol. The van der Waals surface area contributed by atoms with Gasteiger partial charge in [0.05, 0.1) is 5.60 Å². The van der Waals surface area contributed by atoms with E-state index < -0.39 is 0 Å². The predicted molar refractivity (Wildman–Crippen MR) is 68.7 cm³/mol. The summed E-state index contributed by atoms with van der Waals surface area (Å²) in [6.45, 7) is 8.49. The van der Waals surface area contributed by atoms with Crippen molar-refractivity contribution in [1.29, 1.82) is 0 Å². The van der Waals surface area contributed by atoms with Crippen molar-refractivity contribution < 1.29 is 9.53 Å². The van der Waals surface area contributed by atoms with E-state index in [1.54, 1.807) is 0 Å². The van der Waals surface area contributed by atoms with Crippen molar-refractivity contribution in [2.45, 2.75) is 39.8 Å². The van der Waals surface area contributed by atoms with E-state index in [4.69, 9.17) is 4.74 Å². The van der Waals surface area contributed by atoms with Gasteiger partial charge in [-0.05, 0) is 33.3 Å². The van der Waals surface area contributed by atoms with Gasteiger partial charge in [-0.2, -0.15) is 0 Å². The van der Waals surface area contributed by atoms with Crippen LogP contribution in [-0.2, 0) is 16.1 Å². The Morgan fingerprint density at radius 1 is 1.35 bits per heavy atom. The molecule has 1 aromatic carbocycles. The van der Waals surface area contributed by atoms with E-state index in [1.165, 1.54) is 5.56 Å². The molecule has 0 aliphatic rings. The van der Waals surface area contributed by atoms with Gasteiger partial charge in [0.2, 0.25) is 5.91 Å². The van der Waals surface area contributed by atoms with Gasteiger partial charge in [-0.15, -0.1) is 0 Å². The molecule has 0 unspecified atom stereocenters. The smallest absolute Gasteiger partial charge is 0.246 e. The molecule has 1 rings (SSSR count). The van der Waals surface area contributed by atoms with Gasteiger partial charge in [-0.3, -0.25) is 4.79 Å². The second kappa shape index (κ2) is 5.82. The van der Waals surface area contributed by atoms with Gasteiger partial charge >= 0.3 is 0 Å². The van der Waals surface area contributed by atoms with Crippen molar-refractivity contribution in [3.8, 4) is 0 Å². The van der Waals surface area contributed by atoms with Gasteiger partial charge in [0.15, 0.2) is 0 Å². The molecule has 0 aliphatic heterocycles. The fourth-order valence-electron chi connectivity index (χ4n) is 1.36. The van der Waals surface area contributed by atoms with Crippen molar-refractivity contribution in [1.82, 2.24) is 5.32 Å². The van der Waals surface area contributed by atoms with E-state index >= 15 is 0 Å². The molecule has 94 valence electrons. The monoisotopic (exact) mass is 235 g/mol. The van der Waals surface area contributed by atoms with Gasteiger partial charge in [0, 0.05) is 6.54 Å². The Hall–Kier alpha value is -1.35. The van der Waals surface area contributed by atoms with E-state index in [1.807, 2.05) is 45.9 Å². The number of hydrogen-bond donors (Lipinski definition) is 1. The molecule has 0 fully saturated rings. The van der Waals surface area contributed by atoms with Crippen LogP contribution < -0.4 is 5.32 Å². The molecule has 3 heteroatoms. The summed E-state index contributed by atoms with van der Waals surface area (Å²) in [5, 5.41) is 2.83. The number of aryl methyl sites for hydroxylation is 1. The number of hydrogen-bond acceptors (Lipinski definition) is 2. The summed E-state index contributed by atoms with van der Waals surface area (Å²) >= 11 is 0. The van der Waals surface area contributed by atoms with E-state index in [2.05, 4.69) is 11.4 Å². The molecular weight excluding hydrogens is 214 g/mol. The first-order valence-corrected chi connectivity index (χ1v) is 5.83. The zero-order valence-corrected chi connectivity index (χ0v) is 11.0. The van der Waals surface area contributed by atoms with Crippen molar-refractivity contribution in [2.75, 3.05) is 6.61 Å². The summed E-state index contributed by atoms with van der Waals surface area (Å²) in [5.74, 6) is -0.0820. The molecule has 0 atom stereocenters. The van der Waals surface area contributed by atoms with Crippen LogP contribution in [0.3, 0.4) is 0 Å². The Balaban J connectivity index is 2.33. The number of carbonyl (C=O) groups excluding carboxylic acids is 1. The van der Waals surface area contributed by atoms with Crippen LogP contribution in [-0.4, -0.2) is 18.1 Å². The van der Waals surface area contributed by atoms with Crippen molar-refractivity contribution in [3.05, 3.63) is 35.4 Å². The van der Waals surface area contributed by atoms with Gasteiger partial charge in [0.1, 0.15) is 6.61 Å². The van der Waals surface area contributed by atoms with E-state index in [-0.39, 0.29) is 18.1 Å². The first kappa shape index (κ1) is 13.7. The number of benzene rings is 1. The van der Waals surface area contributed by atoms with Crippen LogP contribution >= 0.6 is 0 Å². The Bertz CT molecular complexity index is 380. The molecule has 17 heavy (non-hydrogen) atoms. The van der Waals surface area contributed by atoms with Crippen LogP contribution in [0.1, 0.15) is 31.9 Å². The number of ether oxygens (including phenoxy) is 1. The Kier molecular flexibility index (Phi) is 4.70. The van der Waals surface area contributed by atoms with Crippen LogP contribution in [0.4, 0.5) is 0 Å². The van der Waals surface area contributed by atoms with Crippen molar-refractivity contribution in [3.63, 3.8) is 0 Å². The molecule has 1 aromatic rings. The molecule has 0 saturated carbocycles. The first-order chi connectivity index (χ1) is 7.87. The number of nitrogens with one attached hydrogen (secondary N) is 1. The van der Waals surface area contributed by atoms with E-state index in [0.717, 1.165) is 5.56 Å². The highest BCUT2D eigenvalue weighted by Gasteiger charge is 2.12. The lowest BCUT2D eigenvalue weighted by Gasteiger charge is -2.19. The van der Waals surface area contributed by atoms with Gasteiger partial charge in [0.25, 0.3) is 0 Å². The third-order valence-corrected chi connectivity index (χ3v) is 2.21. The first-order valence-electron chi connectivity index (χ1n) is 5.83. The highest BCUT2D eigenvalue weighted by atomic mass is 16.5. The zero-order valence-electron chi connectivity index (χ0n) is 11.0. The van der Waals surface area contributed by atoms with Crippen LogP contribution in [0.25, 0.3) is 0 Å². The molecule has 0 heterocycles. The van der Waals surface area contributed by atoms with Crippen molar-refractivity contribution >= 4 is 5.91 Å². The maximum atomic E-state index is 11.5. The number of amides is 1. The Labute approximate surface area is 103 Å². The molecule has 1 amide bonds. The largest absolute Gasteiger partial charge is 0.366 e. The standard InChI is InChI=1S/C14H21NO2/c1-11-6-5-7-12(8-11)9-15-13(16)10-17-14(2,3)4/h5-8H,9-10H2,1-4H3,(H,15,16). The third-order valence-electron chi connectivity index (χ3n) is 2.21. The summed E-state index contributed by atoms with van der Waals surface area (Å²) < 4.78 is 5.39. The summed E-state index contributed by atoms with van der Waals surface area (Å²) in [7, 11) is 0. The fourth-order valence-corrected chi connectivity index (χ4v) is 1.36. The second-order valence-corrected chi connectivity index (χ2v) is 5.17. The van der Waals surface area contributed by atoms with Crippen LogP contribution in [0.5, 0.6) is 0 Å². The van der Waals surface area contributed by atoms with Crippen LogP contribution in [0, 0.1) is 6.92 Å². The molecule has 0 aliphatic carbocycles. The van der Waals surface area contributed by atoms with E-state index in [0.29, 0.717) is 6.54 Å². The molecule has 0 bridgehead atoms. The predicted octanol–water partition coefficient (Wildman–Crippen LogP) is 2.43. The topological polar surface area (TPSA) is 38.3 Å². The lowest BCUT2D eigenvalue weighted by atomic mass is 10.1. The highest BCUT2D eigenvalue weighted by molar-refractivity contribution is 5.77. The summed E-state index contributed by atoms with van der Waals surface area (Å²) in [6.07, 6.45) is 0. The number of carbonyl (C=O) groups is 1. The zero-order chi connectivity index (χ0) is 12.9.